The highest BCUT2D eigenvalue weighted by Crippen LogP contribution is 2.56. The maximum absolute atomic E-state index is 7.82. The van der Waals surface area contributed by atoms with Crippen LogP contribution in [0.3, 0.4) is 0 Å². The topological polar surface area (TPSA) is 22.9 Å². The van der Waals surface area contributed by atoms with Crippen molar-refractivity contribution in [3.63, 3.8) is 0 Å². The quantitative estimate of drug-likeness (QED) is 0.160. The molecule has 0 bridgehead atoms. The molecule has 0 unspecified atom stereocenters. The Morgan fingerprint density at radius 2 is 0.936 bits per heavy atom. The van der Waals surface area contributed by atoms with Gasteiger partial charge in [-0.3, -0.25) is 0 Å². The summed E-state index contributed by atoms with van der Waals surface area (Å²) in [5.41, 5.74) is 26.5. The summed E-state index contributed by atoms with van der Waals surface area (Å²) in [6.45, 7) is 38.8. The minimum Gasteiger partial charge on any atom is -0.468 e. The minimum atomic E-state index is -0.197. The van der Waals surface area contributed by atoms with Crippen LogP contribution in [0, 0.1) is 6.92 Å². The molecule has 0 radical (unpaired) electrons. The van der Waals surface area contributed by atoms with Crippen LogP contribution in [-0.2, 0) is 37.9 Å². The van der Waals surface area contributed by atoms with E-state index in [4.69, 9.17) is 4.42 Å². The van der Waals surface area contributed by atoms with Gasteiger partial charge in [0, 0.05) is 45.2 Å². The molecule has 2 aliphatic heterocycles. The number of hydrogen-bond acceptors (Lipinski definition) is 4. The van der Waals surface area contributed by atoms with Gasteiger partial charge in [-0.1, -0.05) is 165 Å². The maximum Gasteiger partial charge on any atom is 0.297 e. The van der Waals surface area contributed by atoms with Crippen LogP contribution < -0.4 is 31.3 Å². The third kappa shape index (κ3) is 7.66. The number of rotatable bonds is 5. The summed E-state index contributed by atoms with van der Waals surface area (Å²) in [6.07, 6.45) is 6.90. The van der Waals surface area contributed by atoms with Crippen molar-refractivity contribution < 1.29 is 4.42 Å². The standard InChI is InChI=1S/C73H82BN3O/c1-45-37-53-56(72(13,14)35-33-69(53,7)8)43-60(45)77-59-30-27-46(67(2,3)4)38-58(59)74-64-61(40-50(41-62(64)77)75(47-23-19-17-20-24-47)48-25-21-18-22-26-48)76(49-28-29-52-54(39-49)70(9,10)32-31-68(52,5)6)65-51-42-55-57(44-63(51)78-66(65)74)73(15,16)36-34-71(55,11)12/h17-30,37-44H,31-36H2,1-16H3. The molecule has 3 heterocycles. The molecule has 78 heavy (non-hydrogen) atoms. The normalized spacial score (nSPS) is 19.5. The number of aryl methyl sites for hydroxylation is 1. The molecule has 3 aliphatic carbocycles. The number of furan rings is 1. The van der Waals surface area contributed by atoms with E-state index in [1.54, 1.807) is 0 Å². The molecule has 8 aromatic rings. The van der Waals surface area contributed by atoms with Crippen molar-refractivity contribution in [3.05, 3.63) is 178 Å². The van der Waals surface area contributed by atoms with E-state index >= 15 is 0 Å². The highest BCUT2D eigenvalue weighted by Gasteiger charge is 2.50. The van der Waals surface area contributed by atoms with E-state index in [1.807, 2.05) is 0 Å². The Balaban J connectivity index is 1.21. The van der Waals surface area contributed by atoms with Crippen LogP contribution in [0.1, 0.15) is 187 Å². The number of nitrogens with zero attached hydrogens (tertiary/aromatic N) is 3. The zero-order chi connectivity index (χ0) is 55.0. The second-order valence-electron chi connectivity index (χ2n) is 29.5. The third-order valence-electron chi connectivity index (χ3n) is 20.3. The highest BCUT2D eigenvalue weighted by molar-refractivity contribution is 7.00. The van der Waals surface area contributed by atoms with Crippen molar-refractivity contribution in [1.82, 2.24) is 0 Å². The molecule has 4 nitrogen and oxygen atoms in total. The Morgan fingerprint density at radius 3 is 1.49 bits per heavy atom. The average Bonchev–Trinajstić information content (AvgIpc) is 3.22. The summed E-state index contributed by atoms with van der Waals surface area (Å²) < 4.78 is 7.82. The van der Waals surface area contributed by atoms with Crippen molar-refractivity contribution in [3.8, 4) is 0 Å². The van der Waals surface area contributed by atoms with E-state index in [2.05, 4.69) is 259 Å². The maximum atomic E-state index is 7.82. The lowest BCUT2D eigenvalue weighted by Crippen LogP contribution is -2.61. The SMILES string of the molecule is Cc1cc2c(cc1N1c3ccc(C(C)(C)C)cc3B3c4oc5cc6c(cc5c4N(c4ccc5c(c4)C(C)(C)CCC5(C)C)c4cc(N(c5ccccc5)c5ccccc5)cc1c43)C(C)(C)CCC6(C)C)C(C)(C)CCC2(C)C. The monoisotopic (exact) mass is 1030 g/mol. The Morgan fingerprint density at radius 1 is 0.449 bits per heavy atom. The first kappa shape index (κ1) is 51.0. The van der Waals surface area contributed by atoms with Crippen LogP contribution in [-0.4, -0.2) is 6.71 Å². The second-order valence-corrected chi connectivity index (χ2v) is 29.5. The minimum absolute atomic E-state index is 0.000728. The number of benzene rings is 7. The molecule has 0 fully saturated rings. The first-order chi connectivity index (χ1) is 36.7. The van der Waals surface area contributed by atoms with Gasteiger partial charge in [-0.15, -0.1) is 0 Å². The largest absolute Gasteiger partial charge is 0.468 e. The van der Waals surface area contributed by atoms with Crippen molar-refractivity contribution in [2.24, 2.45) is 0 Å². The molecule has 0 amide bonds. The van der Waals surface area contributed by atoms with Crippen LogP contribution in [0.5, 0.6) is 0 Å². The zero-order valence-electron chi connectivity index (χ0n) is 49.8. The van der Waals surface area contributed by atoms with E-state index in [-0.39, 0.29) is 44.6 Å². The summed E-state index contributed by atoms with van der Waals surface area (Å²) in [6, 6.07) is 52.2. The molecule has 13 rings (SSSR count). The number of para-hydroxylation sites is 2. The fourth-order valence-corrected chi connectivity index (χ4v) is 14.9. The van der Waals surface area contributed by atoms with Crippen molar-refractivity contribution in [2.75, 3.05) is 14.7 Å². The molecule has 398 valence electrons. The second kappa shape index (κ2) is 16.8. The Hall–Kier alpha value is -6.46. The smallest absolute Gasteiger partial charge is 0.297 e. The molecular weight excluding hydrogens is 946 g/mol. The third-order valence-corrected chi connectivity index (χ3v) is 20.3. The van der Waals surface area contributed by atoms with Gasteiger partial charge in [0.15, 0.2) is 0 Å². The Labute approximate surface area is 467 Å². The molecule has 0 saturated carbocycles. The highest BCUT2D eigenvalue weighted by atomic mass is 16.3. The summed E-state index contributed by atoms with van der Waals surface area (Å²) in [5.74, 6) is 0. The Bertz CT molecular complexity index is 3730. The van der Waals surface area contributed by atoms with Crippen molar-refractivity contribution in [2.45, 2.75) is 187 Å². The predicted molar refractivity (Wildman–Crippen MR) is 334 cm³/mol. The molecule has 5 heteroatoms. The van der Waals surface area contributed by atoms with Crippen LogP contribution >= 0.6 is 0 Å². The molecule has 1 aromatic heterocycles. The van der Waals surface area contributed by atoms with Gasteiger partial charge in [0.2, 0.25) is 0 Å². The van der Waals surface area contributed by atoms with Gasteiger partial charge in [-0.2, -0.15) is 0 Å². The lowest BCUT2D eigenvalue weighted by molar-refractivity contribution is 0.332. The molecule has 5 aliphatic rings. The predicted octanol–water partition coefficient (Wildman–Crippen LogP) is 18.6. The van der Waals surface area contributed by atoms with Crippen molar-refractivity contribution >= 4 is 85.5 Å². The van der Waals surface area contributed by atoms with Crippen LogP contribution in [0.25, 0.3) is 11.0 Å². The lowest BCUT2D eigenvalue weighted by atomic mass is 9.35. The average molecular weight is 1030 g/mol. The first-order valence-electron chi connectivity index (χ1n) is 29.4. The van der Waals surface area contributed by atoms with Gasteiger partial charge in [0.1, 0.15) is 5.58 Å². The molecule has 7 aromatic carbocycles. The fraction of sp³-hybridized carbons (Fsp3) is 0.397. The summed E-state index contributed by atoms with van der Waals surface area (Å²) in [4.78, 5) is 7.83. The van der Waals surface area contributed by atoms with Gasteiger partial charge in [-0.25, -0.2) is 0 Å². The van der Waals surface area contributed by atoms with Crippen LogP contribution in [0.4, 0.5) is 51.2 Å². The number of anilines is 9. The number of fused-ring (bicyclic) bond motifs is 9. The van der Waals surface area contributed by atoms with Gasteiger partial charge in [-0.05, 0) is 212 Å². The van der Waals surface area contributed by atoms with Gasteiger partial charge in [0.25, 0.3) is 6.71 Å². The van der Waals surface area contributed by atoms with E-state index in [0.29, 0.717) is 0 Å². The van der Waals surface area contributed by atoms with Gasteiger partial charge >= 0.3 is 0 Å². The fourth-order valence-electron chi connectivity index (χ4n) is 14.9. The van der Waals surface area contributed by atoms with E-state index in [0.717, 1.165) is 54.0 Å². The van der Waals surface area contributed by atoms with E-state index in [9.17, 15) is 0 Å². The number of hydrogen-bond donors (Lipinski definition) is 0. The summed E-state index contributed by atoms with van der Waals surface area (Å²) in [7, 11) is 0. The van der Waals surface area contributed by atoms with Gasteiger partial charge in [0.05, 0.1) is 17.0 Å². The summed E-state index contributed by atoms with van der Waals surface area (Å²) >= 11 is 0. The molecular formula is C73H82BN3O. The molecule has 0 atom stereocenters. The van der Waals surface area contributed by atoms with Crippen molar-refractivity contribution in [1.29, 1.82) is 0 Å². The first-order valence-corrected chi connectivity index (χ1v) is 29.4. The molecule has 0 saturated heterocycles. The lowest BCUT2D eigenvalue weighted by Gasteiger charge is -2.46. The van der Waals surface area contributed by atoms with Gasteiger partial charge < -0.3 is 19.1 Å². The molecule has 0 N–H and O–H groups in total. The Kier molecular flexibility index (Phi) is 11.0. The van der Waals surface area contributed by atoms with E-state index in [1.165, 1.54) is 108 Å². The zero-order valence-corrected chi connectivity index (χ0v) is 49.8. The summed E-state index contributed by atoms with van der Waals surface area (Å²) in [5, 5.41) is 1.19. The van der Waals surface area contributed by atoms with Crippen LogP contribution in [0.2, 0.25) is 0 Å². The van der Waals surface area contributed by atoms with E-state index < -0.39 is 0 Å². The molecule has 0 spiro atoms. The van der Waals surface area contributed by atoms with Crippen LogP contribution in [0.15, 0.2) is 138 Å².